The molecule has 1 aliphatic carbocycles. The first kappa shape index (κ1) is 29.3. The van der Waals surface area contributed by atoms with Crippen LogP contribution in [0.5, 0.6) is 0 Å². The standard InChI is InChI=1S/C44H35N.C2H6/c1-28(31-19-20-34-26-32-12-5-6-14-35(32)38(34)27-31)30-21-23-37-33(25-30)22-24-42-43(37)44(2,3)39-16-8-9-17-41(39)45(42)40-18-10-13-29-11-4-7-15-36(29)40;1-2/h4-25,27-28H,26H2,1-3H3;1-2H3. The third-order valence-corrected chi connectivity index (χ3v) is 10.5. The van der Waals surface area contributed by atoms with Crippen molar-refractivity contribution in [3.8, 4) is 11.1 Å². The SMILES string of the molecule is CC.CC(c1ccc2c(c1)-c1ccccc1C2)c1ccc2c3c(ccc2c1)N(c1cccc2ccccc12)c1ccccc1C3(C)C. The molecule has 1 heteroatoms. The van der Waals surface area contributed by atoms with Crippen molar-refractivity contribution in [2.75, 3.05) is 4.90 Å². The second-order valence-electron chi connectivity index (χ2n) is 13.4. The molecule has 1 aliphatic heterocycles. The van der Waals surface area contributed by atoms with Crippen LogP contribution in [0.3, 0.4) is 0 Å². The molecule has 1 nitrogen and oxygen atoms in total. The second kappa shape index (κ2) is 11.3. The van der Waals surface area contributed by atoms with Crippen LogP contribution in [0.1, 0.15) is 73.9 Å². The van der Waals surface area contributed by atoms with Crippen LogP contribution in [0, 0.1) is 0 Å². The zero-order valence-corrected chi connectivity index (χ0v) is 28.0. The molecule has 0 aromatic heterocycles. The maximum atomic E-state index is 2.50. The molecule has 1 atom stereocenters. The minimum absolute atomic E-state index is 0.160. The van der Waals surface area contributed by atoms with Gasteiger partial charge < -0.3 is 4.90 Å². The molecule has 7 aromatic carbocycles. The Morgan fingerprint density at radius 3 is 2.11 bits per heavy atom. The summed E-state index contributed by atoms with van der Waals surface area (Å²) in [4.78, 5) is 2.50. The number of nitrogens with zero attached hydrogens (tertiary/aromatic N) is 1. The number of hydrogen-bond donors (Lipinski definition) is 0. The molecule has 7 aromatic rings. The summed E-state index contributed by atoms with van der Waals surface area (Å²) < 4.78 is 0. The van der Waals surface area contributed by atoms with Gasteiger partial charge in [0.1, 0.15) is 0 Å². The minimum atomic E-state index is -0.160. The van der Waals surface area contributed by atoms with Gasteiger partial charge in [-0.3, -0.25) is 0 Å². The van der Waals surface area contributed by atoms with Crippen molar-refractivity contribution in [2.24, 2.45) is 0 Å². The third kappa shape index (κ3) is 4.52. The van der Waals surface area contributed by atoms with Gasteiger partial charge in [0.05, 0.1) is 17.1 Å². The molecule has 0 saturated heterocycles. The molecule has 1 unspecified atom stereocenters. The molecule has 0 radical (unpaired) electrons. The van der Waals surface area contributed by atoms with Gasteiger partial charge >= 0.3 is 0 Å². The van der Waals surface area contributed by atoms with E-state index in [1.807, 2.05) is 13.8 Å². The van der Waals surface area contributed by atoms with Gasteiger partial charge in [0.25, 0.3) is 0 Å². The van der Waals surface area contributed by atoms with Gasteiger partial charge in [0.15, 0.2) is 0 Å². The Labute approximate surface area is 279 Å². The van der Waals surface area contributed by atoms with Gasteiger partial charge in [0, 0.05) is 16.7 Å². The van der Waals surface area contributed by atoms with Crippen LogP contribution < -0.4 is 4.90 Å². The average Bonchev–Trinajstić information content (AvgIpc) is 3.50. The zero-order valence-electron chi connectivity index (χ0n) is 28.0. The van der Waals surface area contributed by atoms with E-state index < -0.39 is 0 Å². The lowest BCUT2D eigenvalue weighted by atomic mass is 9.71. The van der Waals surface area contributed by atoms with Crippen LogP contribution in [0.15, 0.2) is 140 Å². The highest BCUT2D eigenvalue weighted by atomic mass is 15.2. The van der Waals surface area contributed by atoms with Crippen molar-refractivity contribution in [1.29, 1.82) is 0 Å². The second-order valence-corrected chi connectivity index (χ2v) is 13.4. The molecule has 0 N–H and O–H groups in total. The molecule has 47 heavy (non-hydrogen) atoms. The van der Waals surface area contributed by atoms with E-state index in [4.69, 9.17) is 0 Å². The summed E-state index contributed by atoms with van der Waals surface area (Å²) in [6.07, 6.45) is 1.04. The molecular formula is C46H41N. The van der Waals surface area contributed by atoms with Crippen LogP contribution in [0.4, 0.5) is 17.1 Å². The number of fused-ring (bicyclic) bond motifs is 8. The van der Waals surface area contributed by atoms with Crippen molar-refractivity contribution in [1.82, 2.24) is 0 Å². The van der Waals surface area contributed by atoms with Gasteiger partial charge in [-0.1, -0.05) is 156 Å². The van der Waals surface area contributed by atoms with E-state index in [0.717, 1.165) is 6.42 Å². The fourth-order valence-corrected chi connectivity index (χ4v) is 8.18. The van der Waals surface area contributed by atoms with Crippen molar-refractivity contribution < 1.29 is 0 Å². The first-order valence-corrected chi connectivity index (χ1v) is 17.1. The number of benzene rings is 7. The van der Waals surface area contributed by atoms with E-state index in [-0.39, 0.29) is 5.41 Å². The first-order chi connectivity index (χ1) is 23.0. The summed E-state index contributed by atoms with van der Waals surface area (Å²) in [5.41, 5.74) is 14.7. The van der Waals surface area contributed by atoms with Gasteiger partial charge in [-0.25, -0.2) is 0 Å². The molecule has 0 saturated carbocycles. The monoisotopic (exact) mass is 607 g/mol. The number of anilines is 3. The lowest BCUT2D eigenvalue weighted by Crippen LogP contribution is -2.31. The molecule has 230 valence electrons. The lowest BCUT2D eigenvalue weighted by molar-refractivity contribution is 0.638. The third-order valence-electron chi connectivity index (χ3n) is 10.5. The summed E-state index contributed by atoms with van der Waals surface area (Å²) in [7, 11) is 0. The molecule has 0 bridgehead atoms. The van der Waals surface area contributed by atoms with E-state index >= 15 is 0 Å². The van der Waals surface area contributed by atoms with Crippen LogP contribution >= 0.6 is 0 Å². The number of para-hydroxylation sites is 1. The van der Waals surface area contributed by atoms with Gasteiger partial charge in [-0.05, 0) is 85.3 Å². The Bertz CT molecular complexity index is 2300. The Morgan fingerprint density at radius 2 is 1.21 bits per heavy atom. The largest absolute Gasteiger partial charge is 0.309 e. The predicted octanol–water partition coefficient (Wildman–Crippen LogP) is 12.9. The zero-order chi connectivity index (χ0) is 32.3. The summed E-state index contributed by atoms with van der Waals surface area (Å²) in [6.45, 7) is 11.1. The van der Waals surface area contributed by atoms with E-state index in [2.05, 4.69) is 165 Å². The molecule has 2 aliphatic rings. The van der Waals surface area contributed by atoms with Crippen LogP contribution in [-0.2, 0) is 11.8 Å². The molecule has 0 amide bonds. The molecular weight excluding hydrogens is 567 g/mol. The van der Waals surface area contributed by atoms with Crippen molar-refractivity contribution in [3.63, 3.8) is 0 Å². The fourth-order valence-electron chi connectivity index (χ4n) is 8.18. The maximum absolute atomic E-state index is 2.50. The molecule has 1 heterocycles. The van der Waals surface area contributed by atoms with Crippen LogP contribution in [-0.4, -0.2) is 0 Å². The quantitative estimate of drug-likeness (QED) is 0.193. The summed E-state index contributed by atoms with van der Waals surface area (Å²) >= 11 is 0. The highest BCUT2D eigenvalue weighted by Gasteiger charge is 2.38. The minimum Gasteiger partial charge on any atom is -0.309 e. The van der Waals surface area contributed by atoms with Crippen molar-refractivity contribution in [3.05, 3.63) is 173 Å². The average molecular weight is 608 g/mol. The molecule has 0 fully saturated rings. The summed E-state index contributed by atoms with van der Waals surface area (Å²) in [5, 5.41) is 5.15. The molecule has 9 rings (SSSR count). The highest BCUT2D eigenvalue weighted by molar-refractivity contribution is 6.04. The van der Waals surface area contributed by atoms with Crippen LogP contribution in [0.2, 0.25) is 0 Å². The van der Waals surface area contributed by atoms with Crippen molar-refractivity contribution >= 4 is 38.6 Å². The summed E-state index contributed by atoms with van der Waals surface area (Å²) in [6, 6.07) is 52.2. The topological polar surface area (TPSA) is 3.24 Å². The summed E-state index contributed by atoms with van der Waals surface area (Å²) in [5.74, 6) is 0.296. The van der Waals surface area contributed by atoms with Gasteiger partial charge in [-0.2, -0.15) is 0 Å². The Hall–Kier alpha value is -5.14. The smallest absolute Gasteiger partial charge is 0.0540 e. The highest BCUT2D eigenvalue weighted by Crippen LogP contribution is 2.55. The first-order valence-electron chi connectivity index (χ1n) is 17.1. The predicted molar refractivity (Wildman–Crippen MR) is 202 cm³/mol. The van der Waals surface area contributed by atoms with Crippen molar-refractivity contribution in [2.45, 2.75) is 52.4 Å². The molecule has 0 spiro atoms. The van der Waals surface area contributed by atoms with Gasteiger partial charge in [0.2, 0.25) is 0 Å². The fraction of sp³-hybridized carbons (Fsp3) is 0.174. The van der Waals surface area contributed by atoms with Crippen LogP contribution in [0.25, 0.3) is 32.7 Å². The van der Waals surface area contributed by atoms with Gasteiger partial charge in [-0.15, -0.1) is 0 Å². The van der Waals surface area contributed by atoms with E-state index in [1.165, 1.54) is 83.1 Å². The normalized spacial score (nSPS) is 14.4. The number of hydrogen-bond acceptors (Lipinski definition) is 1. The van der Waals surface area contributed by atoms with E-state index in [0.29, 0.717) is 5.92 Å². The lowest BCUT2D eigenvalue weighted by Gasteiger charge is -2.43. The Morgan fingerprint density at radius 1 is 0.532 bits per heavy atom. The van der Waals surface area contributed by atoms with E-state index in [9.17, 15) is 0 Å². The van der Waals surface area contributed by atoms with E-state index in [1.54, 1.807) is 0 Å². The maximum Gasteiger partial charge on any atom is 0.0540 e. The Balaban J connectivity index is 0.00000159. The Kier molecular flexibility index (Phi) is 7.03. The number of rotatable bonds is 3.